The number of hydrogen-bond donors (Lipinski definition) is 2. The molecule has 4 heteroatoms. The number of likely N-dealkylation sites (N-methyl/N-ethyl adjacent to an activating group) is 1. The summed E-state index contributed by atoms with van der Waals surface area (Å²) in [4.78, 5) is 11.1. The number of hydrogen-bond acceptors (Lipinski definition) is 3. The highest BCUT2D eigenvalue weighted by Crippen LogP contribution is 2.22. The summed E-state index contributed by atoms with van der Waals surface area (Å²) in [6.45, 7) is 2.41. The molecule has 0 aromatic rings. The normalized spacial score (nSPS) is 21.3. The molecule has 1 aliphatic carbocycles. The molecule has 1 unspecified atom stereocenters. The van der Waals surface area contributed by atoms with Gasteiger partial charge in [-0.25, -0.2) is 0 Å². The van der Waals surface area contributed by atoms with Gasteiger partial charge in [0.1, 0.15) is 0 Å². The summed E-state index contributed by atoms with van der Waals surface area (Å²) < 4.78 is 5.58. The Kier molecular flexibility index (Phi) is 3.89. The van der Waals surface area contributed by atoms with E-state index in [0.717, 1.165) is 12.8 Å². The Bertz CT molecular complexity index is 204. The van der Waals surface area contributed by atoms with Crippen molar-refractivity contribution in [1.82, 2.24) is 5.32 Å². The van der Waals surface area contributed by atoms with Crippen molar-refractivity contribution in [3.05, 3.63) is 0 Å². The van der Waals surface area contributed by atoms with Gasteiger partial charge in [0.15, 0.2) is 0 Å². The van der Waals surface area contributed by atoms with Crippen molar-refractivity contribution < 1.29 is 9.53 Å². The molecule has 0 saturated heterocycles. The van der Waals surface area contributed by atoms with Crippen LogP contribution in [0.4, 0.5) is 0 Å². The van der Waals surface area contributed by atoms with Gasteiger partial charge in [0.2, 0.25) is 5.91 Å². The zero-order valence-corrected chi connectivity index (χ0v) is 9.01. The average molecular weight is 200 g/mol. The molecule has 0 aliphatic heterocycles. The second-order valence-corrected chi connectivity index (χ2v) is 4.12. The largest absolute Gasteiger partial charge is 0.378 e. The summed E-state index contributed by atoms with van der Waals surface area (Å²) >= 11 is 0. The van der Waals surface area contributed by atoms with Gasteiger partial charge in [0, 0.05) is 6.61 Å². The van der Waals surface area contributed by atoms with Crippen LogP contribution in [0.15, 0.2) is 0 Å². The van der Waals surface area contributed by atoms with Crippen LogP contribution in [0.5, 0.6) is 0 Å². The Morgan fingerprint density at radius 3 is 2.64 bits per heavy atom. The fourth-order valence-electron chi connectivity index (χ4n) is 1.34. The van der Waals surface area contributed by atoms with Crippen molar-refractivity contribution in [2.45, 2.75) is 44.2 Å². The number of carbonyl (C=O) groups excluding carboxylic acids is 1. The van der Waals surface area contributed by atoms with Crippen LogP contribution >= 0.6 is 0 Å². The molecular formula is C10H20N2O2. The van der Waals surface area contributed by atoms with Gasteiger partial charge in [-0.05, 0) is 39.7 Å². The molecule has 3 N–H and O–H groups in total. The number of amides is 1. The SMILES string of the molecule is CNC(C)(CCOC1CCC1)C(N)=O. The number of primary amides is 1. The van der Waals surface area contributed by atoms with Gasteiger partial charge < -0.3 is 15.8 Å². The van der Waals surface area contributed by atoms with E-state index in [0.29, 0.717) is 19.1 Å². The second kappa shape index (κ2) is 4.75. The van der Waals surface area contributed by atoms with Crippen LogP contribution in [0, 0.1) is 0 Å². The smallest absolute Gasteiger partial charge is 0.237 e. The first-order valence-corrected chi connectivity index (χ1v) is 5.19. The highest BCUT2D eigenvalue weighted by atomic mass is 16.5. The predicted molar refractivity (Wildman–Crippen MR) is 54.9 cm³/mol. The first-order valence-electron chi connectivity index (χ1n) is 5.19. The van der Waals surface area contributed by atoms with Crippen LogP contribution in [-0.2, 0) is 9.53 Å². The van der Waals surface area contributed by atoms with Gasteiger partial charge in [-0.15, -0.1) is 0 Å². The number of nitrogens with one attached hydrogen (secondary N) is 1. The van der Waals surface area contributed by atoms with Crippen molar-refractivity contribution in [2.75, 3.05) is 13.7 Å². The Morgan fingerprint density at radius 2 is 2.29 bits per heavy atom. The van der Waals surface area contributed by atoms with E-state index in [1.165, 1.54) is 6.42 Å². The maximum atomic E-state index is 11.1. The lowest BCUT2D eigenvalue weighted by Crippen LogP contribution is -2.52. The lowest BCUT2D eigenvalue weighted by molar-refractivity contribution is -0.124. The Hall–Kier alpha value is -0.610. The molecule has 14 heavy (non-hydrogen) atoms. The molecule has 0 radical (unpaired) electrons. The topological polar surface area (TPSA) is 64.3 Å². The molecule has 0 aromatic heterocycles. The molecule has 1 saturated carbocycles. The number of ether oxygens (including phenoxy) is 1. The van der Waals surface area contributed by atoms with E-state index < -0.39 is 5.54 Å². The summed E-state index contributed by atoms with van der Waals surface area (Å²) in [6, 6.07) is 0. The first kappa shape index (κ1) is 11.5. The van der Waals surface area contributed by atoms with Crippen LogP contribution in [0.3, 0.4) is 0 Å². The molecule has 0 spiro atoms. The van der Waals surface area contributed by atoms with Crippen molar-refractivity contribution in [3.63, 3.8) is 0 Å². The van der Waals surface area contributed by atoms with Crippen molar-refractivity contribution >= 4 is 5.91 Å². The third-order valence-corrected chi connectivity index (χ3v) is 3.10. The molecule has 0 bridgehead atoms. The third-order valence-electron chi connectivity index (χ3n) is 3.10. The van der Waals surface area contributed by atoms with Crippen LogP contribution in [0.2, 0.25) is 0 Å². The van der Waals surface area contributed by atoms with E-state index in [9.17, 15) is 4.79 Å². The van der Waals surface area contributed by atoms with Gasteiger partial charge in [-0.1, -0.05) is 0 Å². The predicted octanol–water partition coefficient (Wildman–Crippen LogP) is 0.409. The molecule has 1 atom stereocenters. The van der Waals surface area contributed by atoms with Crippen LogP contribution < -0.4 is 11.1 Å². The summed E-state index contributed by atoms with van der Waals surface area (Å²) in [6.07, 6.45) is 4.64. The minimum absolute atomic E-state index is 0.322. The summed E-state index contributed by atoms with van der Waals surface area (Å²) in [5.41, 5.74) is 4.65. The third kappa shape index (κ3) is 2.69. The van der Waals surface area contributed by atoms with Crippen molar-refractivity contribution in [3.8, 4) is 0 Å². The minimum atomic E-state index is -0.635. The van der Waals surface area contributed by atoms with Gasteiger partial charge >= 0.3 is 0 Å². The molecule has 82 valence electrons. The lowest BCUT2D eigenvalue weighted by atomic mass is 9.95. The maximum absolute atomic E-state index is 11.1. The summed E-state index contributed by atoms with van der Waals surface area (Å²) in [5, 5.41) is 2.93. The van der Waals surface area contributed by atoms with Gasteiger partial charge in [0.05, 0.1) is 11.6 Å². The van der Waals surface area contributed by atoms with Gasteiger partial charge in [-0.3, -0.25) is 4.79 Å². The van der Waals surface area contributed by atoms with Crippen molar-refractivity contribution in [2.24, 2.45) is 5.73 Å². The standard InChI is InChI=1S/C10H20N2O2/c1-10(12-2,9(11)13)6-7-14-8-4-3-5-8/h8,12H,3-7H2,1-2H3,(H2,11,13). The average Bonchev–Trinajstić information content (AvgIpc) is 2.08. The lowest BCUT2D eigenvalue weighted by Gasteiger charge is -2.29. The summed E-state index contributed by atoms with van der Waals surface area (Å²) in [7, 11) is 1.74. The fraction of sp³-hybridized carbons (Fsp3) is 0.900. The maximum Gasteiger partial charge on any atom is 0.237 e. The first-order chi connectivity index (χ1) is 6.58. The number of nitrogens with two attached hydrogens (primary N) is 1. The molecule has 1 fully saturated rings. The molecule has 1 aliphatic rings. The van der Waals surface area contributed by atoms with Crippen LogP contribution in [0.25, 0.3) is 0 Å². The molecule has 0 heterocycles. The summed E-state index contributed by atoms with van der Waals surface area (Å²) in [5.74, 6) is -0.322. The number of carbonyl (C=O) groups is 1. The Balaban J connectivity index is 2.22. The van der Waals surface area contributed by atoms with E-state index in [2.05, 4.69) is 5.32 Å². The Morgan fingerprint density at radius 1 is 1.64 bits per heavy atom. The van der Waals surface area contributed by atoms with E-state index in [4.69, 9.17) is 10.5 Å². The molecule has 1 rings (SSSR count). The molecular weight excluding hydrogens is 180 g/mol. The number of rotatable bonds is 6. The zero-order chi connectivity index (χ0) is 10.6. The highest BCUT2D eigenvalue weighted by molar-refractivity contribution is 5.84. The van der Waals surface area contributed by atoms with Gasteiger partial charge in [-0.2, -0.15) is 0 Å². The van der Waals surface area contributed by atoms with Gasteiger partial charge in [0.25, 0.3) is 0 Å². The molecule has 4 nitrogen and oxygen atoms in total. The monoisotopic (exact) mass is 200 g/mol. The van der Waals surface area contributed by atoms with Crippen molar-refractivity contribution in [1.29, 1.82) is 0 Å². The van der Waals surface area contributed by atoms with E-state index in [1.54, 1.807) is 14.0 Å². The van der Waals surface area contributed by atoms with E-state index in [-0.39, 0.29) is 5.91 Å². The van der Waals surface area contributed by atoms with E-state index >= 15 is 0 Å². The minimum Gasteiger partial charge on any atom is -0.378 e. The zero-order valence-electron chi connectivity index (χ0n) is 9.01. The Labute approximate surface area is 85.2 Å². The van der Waals surface area contributed by atoms with E-state index in [1.807, 2.05) is 0 Å². The fourth-order valence-corrected chi connectivity index (χ4v) is 1.34. The molecule has 0 aromatic carbocycles. The quantitative estimate of drug-likeness (QED) is 0.652. The van der Waals surface area contributed by atoms with Crippen LogP contribution in [-0.4, -0.2) is 31.2 Å². The second-order valence-electron chi connectivity index (χ2n) is 4.12. The molecule has 1 amide bonds. The highest BCUT2D eigenvalue weighted by Gasteiger charge is 2.29. The van der Waals surface area contributed by atoms with Crippen LogP contribution in [0.1, 0.15) is 32.6 Å².